The number of furan rings is 1. The fourth-order valence-corrected chi connectivity index (χ4v) is 2.67. The molecule has 0 saturated carbocycles. The zero-order valence-electron chi connectivity index (χ0n) is 10.2. The zero-order chi connectivity index (χ0) is 13.8. The molecule has 0 spiro atoms. The predicted molar refractivity (Wildman–Crippen MR) is 67.1 cm³/mol. The fraction of sp³-hybridized carbons (Fsp3) is 0.583. The monoisotopic (exact) mass is 291 g/mol. The third-order valence-corrected chi connectivity index (χ3v) is 3.78. The van der Waals surface area contributed by atoms with E-state index in [1.54, 1.807) is 12.1 Å². The van der Waals surface area contributed by atoms with E-state index in [2.05, 4.69) is 0 Å². The van der Waals surface area contributed by atoms with Crippen LogP contribution in [-0.4, -0.2) is 34.3 Å². The van der Waals surface area contributed by atoms with Crippen LogP contribution in [0.2, 0.25) is 0 Å². The summed E-state index contributed by atoms with van der Waals surface area (Å²) in [6, 6.07) is 2.92. The predicted octanol–water partition coefficient (Wildman–Crippen LogP) is 2.78. The van der Waals surface area contributed by atoms with Crippen molar-refractivity contribution >= 4 is 17.7 Å². The molecular formula is C12H15F2NO3S. The van der Waals surface area contributed by atoms with Crippen molar-refractivity contribution in [1.82, 2.24) is 4.90 Å². The molecule has 2 heterocycles. The van der Waals surface area contributed by atoms with Crippen molar-refractivity contribution in [2.75, 3.05) is 6.54 Å². The van der Waals surface area contributed by atoms with Crippen LogP contribution in [0.25, 0.3) is 0 Å². The average molecular weight is 291 g/mol. The van der Waals surface area contributed by atoms with Crippen molar-refractivity contribution in [3.63, 3.8) is 0 Å². The SMILES string of the molecule is O=C(O)C1CCCN1Cc1ccc(CSC(F)F)o1. The van der Waals surface area contributed by atoms with E-state index >= 15 is 0 Å². The lowest BCUT2D eigenvalue weighted by Crippen LogP contribution is -2.35. The molecule has 1 aromatic heterocycles. The minimum absolute atomic E-state index is 0.125. The van der Waals surface area contributed by atoms with E-state index in [0.29, 0.717) is 36.2 Å². The summed E-state index contributed by atoms with van der Waals surface area (Å²) >= 11 is 0.511. The molecule has 1 saturated heterocycles. The van der Waals surface area contributed by atoms with Crippen LogP contribution in [0.1, 0.15) is 24.4 Å². The highest BCUT2D eigenvalue weighted by Gasteiger charge is 2.30. The van der Waals surface area contributed by atoms with Crippen molar-refractivity contribution in [3.05, 3.63) is 23.7 Å². The van der Waals surface area contributed by atoms with Gasteiger partial charge in [-0.15, -0.1) is 0 Å². The maximum Gasteiger partial charge on any atom is 0.320 e. The second kappa shape index (κ2) is 6.38. The largest absolute Gasteiger partial charge is 0.480 e. The topological polar surface area (TPSA) is 53.7 Å². The van der Waals surface area contributed by atoms with Gasteiger partial charge in [0.05, 0.1) is 12.3 Å². The van der Waals surface area contributed by atoms with Crippen LogP contribution in [0.4, 0.5) is 8.78 Å². The zero-order valence-corrected chi connectivity index (χ0v) is 11.0. The summed E-state index contributed by atoms with van der Waals surface area (Å²) < 4.78 is 29.5. The van der Waals surface area contributed by atoms with Crippen molar-refractivity contribution in [3.8, 4) is 0 Å². The number of carboxylic acid groups (broad SMARTS) is 1. The molecule has 1 atom stereocenters. The summed E-state index contributed by atoms with van der Waals surface area (Å²) in [5.41, 5.74) is 0. The number of nitrogens with zero attached hydrogens (tertiary/aromatic N) is 1. The van der Waals surface area contributed by atoms with E-state index in [9.17, 15) is 13.6 Å². The quantitative estimate of drug-likeness (QED) is 0.873. The standard InChI is InChI=1S/C12H15F2NO3S/c13-12(14)19-7-9-4-3-8(18-9)6-15-5-1-2-10(15)11(16)17/h3-4,10,12H,1-2,5-7H2,(H,16,17). The van der Waals surface area contributed by atoms with Gasteiger partial charge in [-0.2, -0.15) is 8.78 Å². The molecule has 0 radical (unpaired) electrons. The molecule has 1 aliphatic heterocycles. The normalized spacial score (nSPS) is 20.3. The van der Waals surface area contributed by atoms with Gasteiger partial charge in [0.15, 0.2) is 0 Å². The van der Waals surface area contributed by atoms with E-state index in [1.807, 2.05) is 4.90 Å². The number of carboxylic acids is 1. The lowest BCUT2D eigenvalue weighted by molar-refractivity contribution is -0.142. The Morgan fingerprint density at radius 2 is 2.26 bits per heavy atom. The molecular weight excluding hydrogens is 276 g/mol. The second-order valence-corrected chi connectivity index (χ2v) is 5.38. The Kier molecular flexibility index (Phi) is 4.81. The van der Waals surface area contributed by atoms with Crippen LogP contribution < -0.4 is 0 Å². The summed E-state index contributed by atoms with van der Waals surface area (Å²) in [4.78, 5) is 12.9. The molecule has 19 heavy (non-hydrogen) atoms. The summed E-state index contributed by atoms with van der Waals surface area (Å²) in [6.45, 7) is 1.13. The number of likely N-dealkylation sites (tertiary alicyclic amines) is 1. The Labute approximate surface area is 113 Å². The van der Waals surface area contributed by atoms with Gasteiger partial charge in [-0.1, -0.05) is 11.8 Å². The number of rotatable bonds is 6. The number of hydrogen-bond acceptors (Lipinski definition) is 4. The van der Waals surface area contributed by atoms with Crippen molar-refractivity contribution in [2.24, 2.45) is 0 Å². The second-order valence-electron chi connectivity index (χ2n) is 4.41. The number of halogens is 2. The van der Waals surface area contributed by atoms with Crippen LogP contribution in [0.5, 0.6) is 0 Å². The van der Waals surface area contributed by atoms with E-state index in [-0.39, 0.29) is 5.75 Å². The Balaban J connectivity index is 1.90. The summed E-state index contributed by atoms with van der Waals surface area (Å²) in [6.07, 6.45) is 1.50. The number of aliphatic carboxylic acids is 1. The highest BCUT2D eigenvalue weighted by Crippen LogP contribution is 2.24. The molecule has 0 amide bonds. The summed E-state index contributed by atoms with van der Waals surface area (Å²) in [5, 5.41) is 9.05. The first-order valence-corrected chi connectivity index (χ1v) is 7.05. The minimum atomic E-state index is -2.41. The molecule has 2 rings (SSSR count). The fourth-order valence-electron chi connectivity index (χ4n) is 2.23. The molecule has 1 aromatic rings. The molecule has 0 aliphatic carbocycles. The molecule has 106 valence electrons. The van der Waals surface area contributed by atoms with E-state index < -0.39 is 17.8 Å². The van der Waals surface area contributed by atoms with E-state index in [0.717, 1.165) is 13.0 Å². The maximum atomic E-state index is 12.0. The van der Waals surface area contributed by atoms with Crippen LogP contribution >= 0.6 is 11.8 Å². The number of hydrogen-bond donors (Lipinski definition) is 1. The molecule has 0 aromatic carbocycles. The van der Waals surface area contributed by atoms with Crippen molar-refractivity contribution in [2.45, 2.75) is 36.9 Å². The first-order valence-electron chi connectivity index (χ1n) is 6.00. The van der Waals surface area contributed by atoms with Gasteiger partial charge in [-0.25, -0.2) is 0 Å². The first kappa shape index (κ1) is 14.3. The van der Waals surface area contributed by atoms with Gasteiger partial charge in [0.1, 0.15) is 17.6 Å². The summed E-state index contributed by atoms with van der Waals surface area (Å²) in [7, 11) is 0. The Hall–Kier alpha value is -1.08. The lowest BCUT2D eigenvalue weighted by atomic mass is 10.2. The Morgan fingerprint density at radius 3 is 2.95 bits per heavy atom. The van der Waals surface area contributed by atoms with Gasteiger partial charge in [-0.3, -0.25) is 9.69 Å². The van der Waals surface area contributed by atoms with Crippen molar-refractivity contribution in [1.29, 1.82) is 0 Å². The number of carbonyl (C=O) groups is 1. The van der Waals surface area contributed by atoms with Gasteiger partial charge in [0.2, 0.25) is 0 Å². The van der Waals surface area contributed by atoms with E-state index in [1.165, 1.54) is 0 Å². The van der Waals surface area contributed by atoms with E-state index in [4.69, 9.17) is 9.52 Å². The average Bonchev–Trinajstić information content (AvgIpc) is 2.96. The first-order chi connectivity index (χ1) is 9.06. The van der Waals surface area contributed by atoms with Gasteiger partial charge in [0, 0.05) is 0 Å². The highest BCUT2D eigenvalue weighted by molar-refractivity contribution is 7.98. The van der Waals surface area contributed by atoms with Crippen LogP contribution in [0.3, 0.4) is 0 Å². The van der Waals surface area contributed by atoms with Gasteiger partial charge >= 0.3 is 5.97 Å². The van der Waals surface area contributed by atoms with Crippen LogP contribution in [0, 0.1) is 0 Å². The molecule has 4 nitrogen and oxygen atoms in total. The maximum absolute atomic E-state index is 12.0. The lowest BCUT2D eigenvalue weighted by Gasteiger charge is -2.19. The molecule has 1 aliphatic rings. The molecule has 1 fully saturated rings. The Bertz CT molecular complexity index is 438. The number of thioether (sulfide) groups is 1. The van der Waals surface area contributed by atoms with Crippen LogP contribution in [0.15, 0.2) is 16.5 Å². The molecule has 7 heteroatoms. The molecule has 0 bridgehead atoms. The summed E-state index contributed by atoms with van der Waals surface area (Å²) in [5.74, 6) is -1.99. The third-order valence-electron chi connectivity index (χ3n) is 3.08. The minimum Gasteiger partial charge on any atom is -0.480 e. The smallest absolute Gasteiger partial charge is 0.320 e. The molecule has 1 unspecified atom stereocenters. The van der Waals surface area contributed by atoms with Gasteiger partial charge in [0.25, 0.3) is 5.76 Å². The third kappa shape index (κ3) is 3.94. The number of alkyl halides is 2. The van der Waals surface area contributed by atoms with Crippen molar-refractivity contribution < 1.29 is 23.1 Å². The highest BCUT2D eigenvalue weighted by atomic mass is 32.2. The van der Waals surface area contributed by atoms with Gasteiger partial charge in [-0.05, 0) is 31.5 Å². The Morgan fingerprint density at radius 1 is 1.53 bits per heavy atom. The van der Waals surface area contributed by atoms with Crippen LogP contribution in [-0.2, 0) is 17.1 Å². The van der Waals surface area contributed by atoms with Gasteiger partial charge < -0.3 is 9.52 Å². The molecule has 1 N–H and O–H groups in total.